The number of rotatable bonds is 4. The zero-order valence-corrected chi connectivity index (χ0v) is 13.2. The Hall–Kier alpha value is -2.47. The van der Waals surface area contributed by atoms with Gasteiger partial charge in [0.1, 0.15) is 0 Å². The third-order valence-electron chi connectivity index (χ3n) is 3.81. The van der Waals surface area contributed by atoms with Crippen molar-refractivity contribution in [1.29, 1.82) is 0 Å². The van der Waals surface area contributed by atoms with Crippen molar-refractivity contribution in [3.63, 3.8) is 0 Å². The lowest BCUT2D eigenvalue weighted by molar-refractivity contribution is 0.102. The van der Waals surface area contributed by atoms with Gasteiger partial charge in [-0.25, -0.2) is 9.97 Å². The fourth-order valence-electron chi connectivity index (χ4n) is 2.39. The van der Waals surface area contributed by atoms with E-state index in [1.165, 1.54) is 5.56 Å². The van der Waals surface area contributed by atoms with Gasteiger partial charge in [-0.3, -0.25) is 4.79 Å². The second-order valence-corrected chi connectivity index (χ2v) is 5.38. The Labute approximate surface area is 135 Å². The van der Waals surface area contributed by atoms with E-state index >= 15 is 0 Å². The molecule has 1 aliphatic rings. The average molecular weight is 312 g/mol. The van der Waals surface area contributed by atoms with Crippen LogP contribution in [0.1, 0.15) is 22.8 Å². The molecule has 0 atom stereocenters. The van der Waals surface area contributed by atoms with Crippen LogP contribution in [0.5, 0.6) is 0 Å². The van der Waals surface area contributed by atoms with Crippen molar-refractivity contribution in [1.82, 2.24) is 9.97 Å². The number of amides is 1. The second kappa shape index (κ2) is 7.19. The number of aryl methyl sites for hydroxylation is 1. The molecule has 0 aliphatic carbocycles. The van der Waals surface area contributed by atoms with E-state index < -0.39 is 0 Å². The van der Waals surface area contributed by atoms with Gasteiger partial charge in [0, 0.05) is 31.2 Å². The number of morpholine rings is 1. The van der Waals surface area contributed by atoms with Crippen LogP contribution in [0.25, 0.3) is 0 Å². The number of hydrogen-bond acceptors (Lipinski definition) is 5. The highest BCUT2D eigenvalue weighted by molar-refractivity contribution is 6.03. The molecule has 2 aromatic rings. The summed E-state index contributed by atoms with van der Waals surface area (Å²) < 4.78 is 5.30. The number of benzene rings is 1. The van der Waals surface area contributed by atoms with Crippen LogP contribution >= 0.6 is 0 Å². The first-order valence-electron chi connectivity index (χ1n) is 7.81. The monoisotopic (exact) mass is 312 g/mol. The van der Waals surface area contributed by atoms with E-state index in [0.717, 1.165) is 25.2 Å². The van der Waals surface area contributed by atoms with E-state index in [1.807, 2.05) is 24.3 Å². The molecule has 0 saturated carbocycles. The van der Waals surface area contributed by atoms with Crippen LogP contribution in [0.2, 0.25) is 0 Å². The Kier molecular flexibility index (Phi) is 4.83. The summed E-state index contributed by atoms with van der Waals surface area (Å²) in [5.41, 5.74) is 2.45. The van der Waals surface area contributed by atoms with E-state index in [9.17, 15) is 4.79 Å². The normalized spacial score (nSPS) is 14.6. The number of nitrogens with zero attached hydrogens (tertiary/aromatic N) is 3. The third kappa shape index (κ3) is 3.84. The van der Waals surface area contributed by atoms with E-state index in [0.29, 0.717) is 24.7 Å². The lowest BCUT2D eigenvalue weighted by Gasteiger charge is -2.26. The van der Waals surface area contributed by atoms with E-state index in [-0.39, 0.29) is 5.91 Å². The standard InChI is InChI=1S/C17H20N4O2/c1-2-13-3-5-15(6-4-13)20-16(22)14-11-18-17(19-12-14)21-7-9-23-10-8-21/h3-6,11-12H,2,7-10H2,1H3,(H,20,22). The minimum absolute atomic E-state index is 0.206. The van der Waals surface area contributed by atoms with Crippen molar-refractivity contribution >= 4 is 17.5 Å². The molecule has 1 aliphatic heterocycles. The first kappa shape index (κ1) is 15.4. The summed E-state index contributed by atoms with van der Waals surface area (Å²) in [6.45, 7) is 5.00. The number of nitrogens with one attached hydrogen (secondary N) is 1. The Balaban J connectivity index is 1.64. The molecule has 0 spiro atoms. The van der Waals surface area contributed by atoms with Gasteiger partial charge in [-0.2, -0.15) is 0 Å². The highest BCUT2D eigenvalue weighted by Gasteiger charge is 2.14. The molecule has 2 heterocycles. The van der Waals surface area contributed by atoms with Crippen molar-refractivity contribution in [3.05, 3.63) is 47.8 Å². The molecule has 0 radical (unpaired) electrons. The SMILES string of the molecule is CCc1ccc(NC(=O)c2cnc(N3CCOCC3)nc2)cc1. The van der Waals surface area contributed by atoms with Gasteiger partial charge in [-0.1, -0.05) is 19.1 Å². The zero-order chi connectivity index (χ0) is 16.1. The molecule has 1 N–H and O–H groups in total. The fourth-order valence-corrected chi connectivity index (χ4v) is 2.39. The zero-order valence-electron chi connectivity index (χ0n) is 13.2. The van der Waals surface area contributed by atoms with Gasteiger partial charge in [0.2, 0.25) is 5.95 Å². The quantitative estimate of drug-likeness (QED) is 0.937. The molecule has 6 nitrogen and oxygen atoms in total. The fraction of sp³-hybridized carbons (Fsp3) is 0.353. The summed E-state index contributed by atoms with van der Waals surface area (Å²) in [5.74, 6) is 0.430. The first-order valence-corrected chi connectivity index (χ1v) is 7.81. The lowest BCUT2D eigenvalue weighted by Crippen LogP contribution is -2.37. The summed E-state index contributed by atoms with van der Waals surface area (Å²) in [5, 5.41) is 2.86. The number of ether oxygens (including phenoxy) is 1. The number of hydrogen-bond donors (Lipinski definition) is 1. The molecule has 6 heteroatoms. The van der Waals surface area contributed by atoms with Gasteiger partial charge in [0.15, 0.2) is 0 Å². The largest absolute Gasteiger partial charge is 0.378 e. The maximum Gasteiger partial charge on any atom is 0.258 e. The predicted molar refractivity (Wildman–Crippen MR) is 88.8 cm³/mol. The van der Waals surface area contributed by atoms with Crippen LogP contribution in [0.15, 0.2) is 36.7 Å². The van der Waals surface area contributed by atoms with Crippen molar-refractivity contribution in [3.8, 4) is 0 Å². The van der Waals surface area contributed by atoms with Crippen LogP contribution in [-0.2, 0) is 11.2 Å². The van der Waals surface area contributed by atoms with E-state index in [4.69, 9.17) is 4.74 Å². The molecule has 1 aromatic carbocycles. The summed E-state index contributed by atoms with van der Waals surface area (Å²) in [7, 11) is 0. The number of aromatic nitrogens is 2. The minimum Gasteiger partial charge on any atom is -0.378 e. The molecular formula is C17H20N4O2. The number of carbonyl (C=O) groups excluding carboxylic acids is 1. The molecular weight excluding hydrogens is 292 g/mol. The molecule has 0 unspecified atom stereocenters. The van der Waals surface area contributed by atoms with Gasteiger partial charge in [0.25, 0.3) is 5.91 Å². The molecule has 1 amide bonds. The number of carbonyl (C=O) groups is 1. The van der Waals surface area contributed by atoms with Gasteiger partial charge in [-0.15, -0.1) is 0 Å². The van der Waals surface area contributed by atoms with Crippen molar-refractivity contribution in [2.75, 3.05) is 36.5 Å². The summed E-state index contributed by atoms with van der Waals surface area (Å²) in [6, 6.07) is 7.82. The van der Waals surface area contributed by atoms with Gasteiger partial charge in [-0.05, 0) is 24.1 Å². The van der Waals surface area contributed by atoms with Crippen LogP contribution in [-0.4, -0.2) is 42.2 Å². The summed E-state index contributed by atoms with van der Waals surface area (Å²) in [4.78, 5) is 22.9. The second-order valence-electron chi connectivity index (χ2n) is 5.38. The minimum atomic E-state index is -0.206. The summed E-state index contributed by atoms with van der Waals surface area (Å²) >= 11 is 0. The summed E-state index contributed by atoms with van der Waals surface area (Å²) in [6.07, 6.45) is 4.10. The molecule has 1 saturated heterocycles. The van der Waals surface area contributed by atoms with Crippen molar-refractivity contribution in [2.45, 2.75) is 13.3 Å². The molecule has 3 rings (SSSR count). The Morgan fingerprint density at radius 1 is 1.17 bits per heavy atom. The lowest BCUT2D eigenvalue weighted by atomic mass is 10.1. The maximum absolute atomic E-state index is 12.2. The van der Waals surface area contributed by atoms with Gasteiger partial charge < -0.3 is 15.0 Å². The molecule has 0 bridgehead atoms. The van der Waals surface area contributed by atoms with Gasteiger partial charge >= 0.3 is 0 Å². The van der Waals surface area contributed by atoms with E-state index in [2.05, 4.69) is 27.1 Å². The Morgan fingerprint density at radius 2 is 1.83 bits per heavy atom. The maximum atomic E-state index is 12.2. The highest BCUT2D eigenvalue weighted by atomic mass is 16.5. The first-order chi connectivity index (χ1) is 11.3. The average Bonchev–Trinajstić information content (AvgIpc) is 2.63. The number of anilines is 2. The molecule has 1 fully saturated rings. The van der Waals surface area contributed by atoms with Crippen LogP contribution in [0.4, 0.5) is 11.6 Å². The van der Waals surface area contributed by atoms with Crippen LogP contribution < -0.4 is 10.2 Å². The highest BCUT2D eigenvalue weighted by Crippen LogP contribution is 2.13. The molecule has 1 aromatic heterocycles. The van der Waals surface area contributed by atoms with Gasteiger partial charge in [0.05, 0.1) is 18.8 Å². The topological polar surface area (TPSA) is 67.4 Å². The van der Waals surface area contributed by atoms with E-state index in [1.54, 1.807) is 12.4 Å². The van der Waals surface area contributed by atoms with Crippen LogP contribution in [0.3, 0.4) is 0 Å². The predicted octanol–water partition coefficient (Wildman–Crippen LogP) is 2.13. The Morgan fingerprint density at radius 3 is 2.43 bits per heavy atom. The smallest absolute Gasteiger partial charge is 0.258 e. The van der Waals surface area contributed by atoms with Crippen molar-refractivity contribution < 1.29 is 9.53 Å². The Bertz CT molecular complexity index is 649. The molecule has 120 valence electrons. The van der Waals surface area contributed by atoms with Crippen molar-refractivity contribution in [2.24, 2.45) is 0 Å². The van der Waals surface area contributed by atoms with Crippen LogP contribution in [0, 0.1) is 0 Å². The molecule has 23 heavy (non-hydrogen) atoms. The third-order valence-corrected chi connectivity index (χ3v) is 3.81.